The molecule has 0 atom stereocenters. The molecule has 0 spiro atoms. The van der Waals surface area contributed by atoms with E-state index in [2.05, 4.69) is 0 Å². The van der Waals surface area contributed by atoms with Crippen LogP contribution in [0.25, 0.3) is 0 Å². The van der Waals surface area contributed by atoms with Crippen molar-refractivity contribution in [1.29, 1.82) is 0 Å². The first kappa shape index (κ1) is 6.02. The second kappa shape index (κ2) is 2.02. The second-order valence-electron chi connectivity index (χ2n) is 1.54. The van der Waals surface area contributed by atoms with E-state index in [1.807, 2.05) is 5.32 Å². The van der Waals surface area contributed by atoms with Crippen LogP contribution in [0, 0.1) is 0 Å². The standard InChI is InChI=1S/C4H3NO3Si/c6-3-1-2(9-8)4(7)5-3/h1,9H,(H,5,6,7). The number of hydrogen-bond donors (Lipinski definition) is 1. The molecule has 0 unspecified atom stereocenters. The van der Waals surface area contributed by atoms with Gasteiger partial charge in [0.15, 0.2) is 0 Å². The van der Waals surface area contributed by atoms with Crippen LogP contribution in [0.1, 0.15) is 0 Å². The van der Waals surface area contributed by atoms with Gasteiger partial charge >= 0.3 is 9.41 Å². The van der Waals surface area contributed by atoms with E-state index in [-0.39, 0.29) is 5.20 Å². The van der Waals surface area contributed by atoms with Gasteiger partial charge in [0, 0.05) is 6.08 Å². The molecule has 46 valence electrons. The van der Waals surface area contributed by atoms with Gasteiger partial charge in [-0.1, -0.05) is 0 Å². The molecular formula is C4H3NO3Si. The molecule has 1 aliphatic rings. The average molecular weight is 141 g/mol. The number of carbonyl (C=O) groups excluding carboxylic acids is 2. The molecule has 4 nitrogen and oxygen atoms in total. The van der Waals surface area contributed by atoms with Gasteiger partial charge in [0.25, 0.3) is 11.8 Å². The quantitative estimate of drug-likeness (QED) is 0.350. The predicted molar refractivity (Wildman–Crippen MR) is 29.1 cm³/mol. The molecule has 2 amide bonds. The highest BCUT2D eigenvalue weighted by Crippen LogP contribution is 1.95. The van der Waals surface area contributed by atoms with Crippen LogP contribution in [-0.4, -0.2) is 21.2 Å². The van der Waals surface area contributed by atoms with Gasteiger partial charge in [0.05, 0.1) is 5.20 Å². The summed E-state index contributed by atoms with van der Waals surface area (Å²) >= 11 is 0. The summed E-state index contributed by atoms with van der Waals surface area (Å²) in [6.07, 6.45) is 1.06. The van der Waals surface area contributed by atoms with Crippen LogP contribution in [0.3, 0.4) is 0 Å². The third kappa shape index (κ3) is 0.994. The van der Waals surface area contributed by atoms with E-state index in [4.69, 9.17) is 0 Å². The van der Waals surface area contributed by atoms with E-state index < -0.39 is 21.2 Å². The lowest BCUT2D eigenvalue weighted by Gasteiger charge is -1.83. The molecule has 0 saturated carbocycles. The first-order valence-corrected chi connectivity index (χ1v) is 3.31. The zero-order valence-electron chi connectivity index (χ0n) is 4.38. The van der Waals surface area contributed by atoms with E-state index in [0.29, 0.717) is 0 Å². The van der Waals surface area contributed by atoms with Crippen LogP contribution >= 0.6 is 0 Å². The van der Waals surface area contributed by atoms with E-state index >= 15 is 0 Å². The van der Waals surface area contributed by atoms with E-state index in [1.165, 1.54) is 0 Å². The van der Waals surface area contributed by atoms with Gasteiger partial charge in [0.1, 0.15) is 0 Å². The molecule has 1 aliphatic heterocycles. The smallest absolute Gasteiger partial charge is 0.302 e. The molecule has 0 aromatic carbocycles. The Morgan fingerprint density at radius 2 is 2.11 bits per heavy atom. The number of hydrogen-bond acceptors (Lipinski definition) is 3. The highest BCUT2D eigenvalue weighted by Gasteiger charge is 2.19. The first-order chi connectivity index (χ1) is 4.24. The van der Waals surface area contributed by atoms with Crippen LogP contribution < -0.4 is 5.32 Å². The van der Waals surface area contributed by atoms with Crippen LogP contribution in [0.2, 0.25) is 0 Å². The fourth-order valence-electron chi connectivity index (χ4n) is 0.514. The molecule has 0 aromatic heterocycles. The van der Waals surface area contributed by atoms with Gasteiger partial charge in [-0.15, -0.1) is 0 Å². The summed E-state index contributed by atoms with van der Waals surface area (Å²) in [6.45, 7) is 0. The van der Waals surface area contributed by atoms with Crippen molar-refractivity contribution in [3.05, 3.63) is 11.3 Å². The van der Waals surface area contributed by atoms with Gasteiger partial charge < -0.3 is 4.46 Å². The molecule has 0 fully saturated rings. The average Bonchev–Trinajstić information content (AvgIpc) is 2.10. The Kier molecular flexibility index (Phi) is 1.35. The number of amides is 2. The summed E-state index contributed by atoms with van der Waals surface area (Å²) in [5, 5.41) is 2.07. The summed E-state index contributed by atoms with van der Waals surface area (Å²) in [6, 6.07) is 0. The summed E-state index contributed by atoms with van der Waals surface area (Å²) in [7, 11) is -1.28. The monoisotopic (exact) mass is 141 g/mol. The summed E-state index contributed by atoms with van der Waals surface area (Å²) < 4.78 is 10.1. The molecular weight excluding hydrogens is 138 g/mol. The Morgan fingerprint density at radius 3 is 2.33 bits per heavy atom. The van der Waals surface area contributed by atoms with Crippen molar-refractivity contribution in [3.8, 4) is 0 Å². The maximum atomic E-state index is 10.4. The van der Waals surface area contributed by atoms with E-state index in [9.17, 15) is 14.1 Å². The maximum Gasteiger partial charge on any atom is 0.302 e. The Morgan fingerprint density at radius 1 is 1.44 bits per heavy atom. The van der Waals surface area contributed by atoms with Crippen molar-refractivity contribution in [2.45, 2.75) is 0 Å². The minimum atomic E-state index is -1.28. The third-order valence-corrected chi connectivity index (χ3v) is 1.60. The molecule has 1 heterocycles. The van der Waals surface area contributed by atoms with Gasteiger partial charge in [-0.3, -0.25) is 14.9 Å². The maximum absolute atomic E-state index is 10.4. The van der Waals surface area contributed by atoms with Crippen molar-refractivity contribution >= 4 is 21.2 Å². The number of imide groups is 1. The molecule has 1 rings (SSSR count). The SMILES string of the molecule is O=[SiH]C1=CC(=O)NC1=O. The fourth-order valence-corrected chi connectivity index (χ4v) is 0.913. The fraction of sp³-hybridized carbons (Fsp3) is 0. The Balaban J connectivity index is 2.93. The normalized spacial score (nSPS) is 17.1. The predicted octanol–water partition coefficient (Wildman–Crippen LogP) is -1.69. The molecule has 9 heavy (non-hydrogen) atoms. The number of nitrogens with one attached hydrogen (secondary N) is 1. The molecule has 5 heteroatoms. The highest BCUT2D eigenvalue weighted by molar-refractivity contribution is 6.46. The lowest BCUT2D eigenvalue weighted by molar-refractivity contribution is -0.123. The van der Waals surface area contributed by atoms with Crippen molar-refractivity contribution in [2.75, 3.05) is 0 Å². The molecule has 0 aliphatic carbocycles. The van der Waals surface area contributed by atoms with E-state index in [0.717, 1.165) is 6.08 Å². The highest BCUT2D eigenvalue weighted by atomic mass is 28.2. The van der Waals surface area contributed by atoms with Crippen LogP contribution in [0.4, 0.5) is 0 Å². The van der Waals surface area contributed by atoms with E-state index in [1.54, 1.807) is 0 Å². The minimum Gasteiger partial charge on any atom is -0.386 e. The number of rotatable bonds is 1. The Bertz CT molecular complexity index is 220. The Hall–Kier alpha value is -1.10. The van der Waals surface area contributed by atoms with Crippen molar-refractivity contribution < 1.29 is 14.1 Å². The van der Waals surface area contributed by atoms with Gasteiger partial charge in [0.2, 0.25) is 0 Å². The van der Waals surface area contributed by atoms with Crippen molar-refractivity contribution in [1.82, 2.24) is 5.32 Å². The zero-order valence-corrected chi connectivity index (χ0v) is 5.53. The van der Waals surface area contributed by atoms with Gasteiger partial charge in [-0.2, -0.15) is 0 Å². The topological polar surface area (TPSA) is 63.2 Å². The largest absolute Gasteiger partial charge is 0.386 e. The lowest BCUT2D eigenvalue weighted by Crippen LogP contribution is -2.22. The van der Waals surface area contributed by atoms with Crippen LogP contribution in [0.15, 0.2) is 11.3 Å². The van der Waals surface area contributed by atoms with Crippen molar-refractivity contribution in [3.63, 3.8) is 0 Å². The van der Waals surface area contributed by atoms with Crippen LogP contribution in [0.5, 0.6) is 0 Å². The second-order valence-corrected chi connectivity index (χ2v) is 2.39. The molecule has 0 aromatic rings. The summed E-state index contributed by atoms with van der Waals surface area (Å²) in [5.41, 5.74) is 0. The number of carbonyl (C=O) groups is 2. The van der Waals surface area contributed by atoms with Gasteiger partial charge in [-0.05, 0) is 0 Å². The van der Waals surface area contributed by atoms with Crippen LogP contribution in [-0.2, 0) is 14.1 Å². The lowest BCUT2D eigenvalue weighted by atomic mass is 10.5. The molecule has 0 radical (unpaired) electrons. The van der Waals surface area contributed by atoms with Gasteiger partial charge in [-0.25, -0.2) is 0 Å². The van der Waals surface area contributed by atoms with Crippen molar-refractivity contribution in [2.24, 2.45) is 0 Å². The first-order valence-electron chi connectivity index (χ1n) is 2.26. The Labute approximate surface area is 52.8 Å². The zero-order chi connectivity index (χ0) is 6.85. The molecule has 1 N–H and O–H groups in total. The third-order valence-electron chi connectivity index (χ3n) is 0.912. The molecule has 0 saturated heterocycles. The summed E-state index contributed by atoms with van der Waals surface area (Å²) in [4.78, 5) is 20.7. The molecule has 0 bridgehead atoms. The minimum absolute atomic E-state index is 0.0972. The summed E-state index contributed by atoms with van der Waals surface area (Å²) in [5.74, 6) is -0.997.